The van der Waals surface area contributed by atoms with E-state index in [0.717, 1.165) is 17.8 Å². The summed E-state index contributed by atoms with van der Waals surface area (Å²) in [6.45, 7) is 8.00. The Morgan fingerprint density at radius 2 is 0.842 bits per heavy atom. The second-order valence-electron chi connectivity index (χ2n) is 3.66. The standard InChI is InChI=1S/C13H14N2.2C2H6/c14-12-5-1-10(2-6-12)9-11-3-7-13(15)8-4-11;2*1-2/h1-8H,9,14-15H2;2*1-2H3. The summed E-state index contributed by atoms with van der Waals surface area (Å²) in [7, 11) is 0. The van der Waals surface area contributed by atoms with Gasteiger partial charge in [0.1, 0.15) is 0 Å². The molecule has 0 aliphatic rings. The van der Waals surface area contributed by atoms with E-state index in [1.165, 1.54) is 11.1 Å². The summed E-state index contributed by atoms with van der Waals surface area (Å²) in [6, 6.07) is 15.9. The molecule has 0 aliphatic heterocycles. The van der Waals surface area contributed by atoms with Crippen LogP contribution in [0.5, 0.6) is 0 Å². The third kappa shape index (κ3) is 6.51. The first-order chi connectivity index (χ1) is 9.24. The Labute approximate surface area is 117 Å². The maximum absolute atomic E-state index is 5.62. The van der Waals surface area contributed by atoms with E-state index in [1.54, 1.807) is 0 Å². The van der Waals surface area contributed by atoms with Crippen molar-refractivity contribution in [3.8, 4) is 0 Å². The average molecular weight is 258 g/mol. The molecule has 2 aromatic rings. The van der Waals surface area contributed by atoms with Gasteiger partial charge in [-0.3, -0.25) is 0 Å². The third-order valence-electron chi connectivity index (χ3n) is 2.37. The molecular weight excluding hydrogens is 232 g/mol. The maximum atomic E-state index is 5.62. The van der Waals surface area contributed by atoms with Crippen LogP contribution in [-0.2, 0) is 6.42 Å². The lowest BCUT2D eigenvalue weighted by atomic mass is 10.0. The fourth-order valence-electron chi connectivity index (χ4n) is 1.51. The van der Waals surface area contributed by atoms with Crippen molar-refractivity contribution in [2.45, 2.75) is 34.1 Å². The van der Waals surface area contributed by atoms with Crippen molar-refractivity contribution in [2.24, 2.45) is 0 Å². The van der Waals surface area contributed by atoms with Gasteiger partial charge >= 0.3 is 0 Å². The summed E-state index contributed by atoms with van der Waals surface area (Å²) in [5.74, 6) is 0. The Morgan fingerprint density at radius 1 is 0.579 bits per heavy atom. The Balaban J connectivity index is 0.000000741. The second kappa shape index (κ2) is 10.0. The average Bonchev–Trinajstić information content (AvgIpc) is 2.48. The van der Waals surface area contributed by atoms with Crippen LogP contribution in [0.4, 0.5) is 11.4 Å². The van der Waals surface area contributed by atoms with Gasteiger partial charge in [0.2, 0.25) is 0 Å². The number of anilines is 2. The lowest BCUT2D eigenvalue weighted by Gasteiger charge is -2.02. The van der Waals surface area contributed by atoms with E-state index in [1.807, 2.05) is 76.2 Å². The van der Waals surface area contributed by atoms with E-state index < -0.39 is 0 Å². The van der Waals surface area contributed by atoms with Crippen molar-refractivity contribution >= 4 is 11.4 Å². The van der Waals surface area contributed by atoms with Crippen LogP contribution in [0.3, 0.4) is 0 Å². The Hall–Kier alpha value is -1.96. The van der Waals surface area contributed by atoms with Crippen molar-refractivity contribution in [1.29, 1.82) is 0 Å². The minimum absolute atomic E-state index is 0.802. The maximum Gasteiger partial charge on any atom is 0.0314 e. The van der Waals surface area contributed by atoms with E-state index >= 15 is 0 Å². The summed E-state index contributed by atoms with van der Waals surface area (Å²) in [5.41, 5.74) is 15.4. The summed E-state index contributed by atoms with van der Waals surface area (Å²) in [4.78, 5) is 0. The van der Waals surface area contributed by atoms with Crippen molar-refractivity contribution in [3.05, 3.63) is 59.7 Å². The highest BCUT2D eigenvalue weighted by Crippen LogP contribution is 2.13. The van der Waals surface area contributed by atoms with Gasteiger partial charge in [-0.1, -0.05) is 52.0 Å². The molecule has 2 heteroatoms. The molecule has 0 heterocycles. The van der Waals surface area contributed by atoms with Crippen LogP contribution in [0.15, 0.2) is 48.5 Å². The summed E-state index contributed by atoms with van der Waals surface area (Å²) in [5, 5.41) is 0. The molecule has 4 N–H and O–H groups in total. The van der Waals surface area contributed by atoms with Crippen molar-refractivity contribution in [1.82, 2.24) is 0 Å². The molecule has 0 bridgehead atoms. The van der Waals surface area contributed by atoms with Crippen molar-refractivity contribution < 1.29 is 0 Å². The summed E-state index contributed by atoms with van der Waals surface area (Å²) < 4.78 is 0. The molecule has 0 fully saturated rings. The van der Waals surface area contributed by atoms with Crippen LogP contribution in [0, 0.1) is 0 Å². The zero-order chi connectivity index (χ0) is 14.7. The van der Waals surface area contributed by atoms with Gasteiger partial charge in [0.05, 0.1) is 0 Å². The monoisotopic (exact) mass is 258 g/mol. The first-order valence-corrected chi connectivity index (χ1v) is 6.93. The lowest BCUT2D eigenvalue weighted by Crippen LogP contribution is -1.90. The fourth-order valence-corrected chi connectivity index (χ4v) is 1.51. The zero-order valence-corrected chi connectivity index (χ0v) is 12.5. The largest absolute Gasteiger partial charge is 0.399 e. The molecule has 2 nitrogen and oxygen atoms in total. The first kappa shape index (κ1) is 17.0. The molecule has 0 saturated carbocycles. The highest BCUT2D eigenvalue weighted by Gasteiger charge is 1.95. The summed E-state index contributed by atoms with van der Waals surface area (Å²) >= 11 is 0. The molecule has 19 heavy (non-hydrogen) atoms. The lowest BCUT2D eigenvalue weighted by molar-refractivity contribution is 1.19. The summed E-state index contributed by atoms with van der Waals surface area (Å²) in [6.07, 6.45) is 0.917. The smallest absolute Gasteiger partial charge is 0.0314 e. The Bertz CT molecular complexity index is 386. The highest BCUT2D eigenvalue weighted by atomic mass is 14.5. The number of rotatable bonds is 2. The van der Waals surface area contributed by atoms with Crippen LogP contribution >= 0.6 is 0 Å². The SMILES string of the molecule is CC.CC.Nc1ccc(Cc2ccc(N)cc2)cc1. The van der Waals surface area contributed by atoms with Crippen LogP contribution in [-0.4, -0.2) is 0 Å². The van der Waals surface area contributed by atoms with Crippen molar-refractivity contribution in [3.63, 3.8) is 0 Å². The molecule has 0 radical (unpaired) electrons. The van der Waals surface area contributed by atoms with Crippen LogP contribution in [0.2, 0.25) is 0 Å². The predicted molar refractivity (Wildman–Crippen MR) is 87.2 cm³/mol. The van der Waals surface area contributed by atoms with E-state index in [-0.39, 0.29) is 0 Å². The molecule has 2 rings (SSSR count). The number of nitrogen functional groups attached to an aromatic ring is 2. The minimum atomic E-state index is 0.802. The second-order valence-corrected chi connectivity index (χ2v) is 3.66. The van der Waals surface area contributed by atoms with Crippen LogP contribution < -0.4 is 11.5 Å². The molecule has 0 aromatic heterocycles. The molecule has 0 aliphatic carbocycles. The predicted octanol–water partition coefficient (Wildman–Crippen LogP) is 4.49. The molecule has 0 amide bonds. The van der Waals surface area contributed by atoms with Crippen molar-refractivity contribution in [2.75, 3.05) is 11.5 Å². The van der Waals surface area contributed by atoms with Crippen LogP contribution in [0.25, 0.3) is 0 Å². The van der Waals surface area contributed by atoms with Gasteiger partial charge in [-0.2, -0.15) is 0 Å². The van der Waals surface area contributed by atoms with Gasteiger partial charge in [0.25, 0.3) is 0 Å². The molecule has 2 aromatic carbocycles. The highest BCUT2D eigenvalue weighted by molar-refractivity contribution is 5.43. The van der Waals surface area contributed by atoms with E-state index in [9.17, 15) is 0 Å². The number of hydrogen-bond donors (Lipinski definition) is 2. The molecule has 0 spiro atoms. The normalized spacial score (nSPS) is 8.63. The fraction of sp³-hybridized carbons (Fsp3) is 0.294. The molecule has 0 atom stereocenters. The van der Waals surface area contributed by atoms with Gasteiger partial charge in [-0.15, -0.1) is 0 Å². The first-order valence-electron chi connectivity index (χ1n) is 6.93. The van der Waals surface area contributed by atoms with Gasteiger partial charge in [0.15, 0.2) is 0 Å². The molecule has 0 unspecified atom stereocenters. The number of nitrogens with two attached hydrogens (primary N) is 2. The molecule has 0 saturated heterocycles. The minimum Gasteiger partial charge on any atom is -0.399 e. The zero-order valence-electron chi connectivity index (χ0n) is 12.5. The van der Waals surface area contributed by atoms with Gasteiger partial charge < -0.3 is 11.5 Å². The van der Waals surface area contributed by atoms with Gasteiger partial charge in [0, 0.05) is 11.4 Å². The Kier molecular flexibility index (Phi) is 8.98. The number of hydrogen-bond acceptors (Lipinski definition) is 2. The molecular formula is C17H26N2. The van der Waals surface area contributed by atoms with E-state index in [0.29, 0.717) is 0 Å². The third-order valence-corrected chi connectivity index (χ3v) is 2.37. The number of benzene rings is 2. The van der Waals surface area contributed by atoms with E-state index in [4.69, 9.17) is 11.5 Å². The Morgan fingerprint density at radius 3 is 1.11 bits per heavy atom. The quantitative estimate of drug-likeness (QED) is 0.779. The van der Waals surface area contributed by atoms with Crippen LogP contribution in [0.1, 0.15) is 38.8 Å². The van der Waals surface area contributed by atoms with E-state index in [2.05, 4.69) is 0 Å². The topological polar surface area (TPSA) is 52.0 Å². The molecule has 104 valence electrons. The van der Waals surface area contributed by atoms with Gasteiger partial charge in [-0.05, 0) is 41.8 Å². The van der Waals surface area contributed by atoms with Gasteiger partial charge in [-0.25, -0.2) is 0 Å².